The Bertz CT molecular complexity index is 1550. The van der Waals surface area contributed by atoms with Crippen LogP contribution in [0.25, 0.3) is 34.0 Å². The van der Waals surface area contributed by atoms with Crippen molar-refractivity contribution in [2.24, 2.45) is 0 Å². The van der Waals surface area contributed by atoms with E-state index < -0.39 is 0 Å². The van der Waals surface area contributed by atoms with E-state index >= 15 is 0 Å². The molecule has 186 valence electrons. The summed E-state index contributed by atoms with van der Waals surface area (Å²) < 4.78 is 7.01. The highest BCUT2D eigenvalue weighted by Gasteiger charge is 2.25. The third kappa shape index (κ3) is 5.40. The molecule has 0 unspecified atom stereocenters. The molecule has 0 saturated heterocycles. The molecule has 5 rings (SSSR count). The second-order valence-corrected chi connectivity index (χ2v) is 9.94. The van der Waals surface area contributed by atoms with E-state index in [9.17, 15) is 5.21 Å². The monoisotopic (exact) mass is 568 g/mol. The summed E-state index contributed by atoms with van der Waals surface area (Å²) in [5, 5.41) is 13.4. The second-order valence-electron chi connectivity index (χ2n) is 7.91. The third-order valence-corrected chi connectivity index (χ3v) is 6.97. The van der Waals surface area contributed by atoms with E-state index in [-0.39, 0.29) is 5.82 Å². The Morgan fingerprint density at radius 2 is 1.65 bits per heavy atom. The van der Waals surface area contributed by atoms with Gasteiger partial charge in [0.05, 0.1) is 21.3 Å². The summed E-state index contributed by atoms with van der Waals surface area (Å²) in [4.78, 5) is 13.6. The number of halogens is 3. The van der Waals surface area contributed by atoms with Crippen molar-refractivity contribution < 1.29 is 9.94 Å². The van der Waals surface area contributed by atoms with Gasteiger partial charge in [0.15, 0.2) is 11.0 Å². The zero-order chi connectivity index (χ0) is 25.9. The Labute approximate surface area is 232 Å². The quantitative estimate of drug-likeness (QED) is 0.121. The maximum absolute atomic E-state index is 11.4. The lowest BCUT2D eigenvalue weighted by atomic mass is 10.1. The number of imidazole rings is 1. The smallest absolute Gasteiger partial charge is 0.187 e. The first-order valence-corrected chi connectivity index (χ1v) is 13.4. The van der Waals surface area contributed by atoms with Crippen LogP contribution in [0.4, 0.5) is 0 Å². The van der Waals surface area contributed by atoms with E-state index in [4.69, 9.17) is 44.5 Å². The normalized spacial score (nSPS) is 11.0. The standard InChI is InChI=1S/C27H19Cl3N4O2S/c1-37-27-31-13-12-22(32-27)24-25(34(35)26(33-24)23-20(29)6-3-7-21(23)30)17-4-2-5-19(14-17)36-15-16-8-10-18(28)11-9-16/h2-14,35H,15H2,1H3. The average molecular weight is 570 g/mol. The molecule has 0 spiro atoms. The fourth-order valence-corrected chi connectivity index (χ4v) is 4.82. The summed E-state index contributed by atoms with van der Waals surface area (Å²) in [5.41, 5.74) is 3.45. The van der Waals surface area contributed by atoms with Crippen LogP contribution in [0.15, 0.2) is 84.1 Å². The van der Waals surface area contributed by atoms with Crippen LogP contribution in [0.3, 0.4) is 0 Å². The molecule has 6 nitrogen and oxygen atoms in total. The van der Waals surface area contributed by atoms with Crippen LogP contribution < -0.4 is 4.74 Å². The van der Waals surface area contributed by atoms with Gasteiger partial charge in [-0.15, -0.1) is 0 Å². The number of nitrogens with zero attached hydrogens (tertiary/aromatic N) is 4. The largest absolute Gasteiger partial charge is 0.489 e. The molecule has 37 heavy (non-hydrogen) atoms. The molecule has 2 heterocycles. The van der Waals surface area contributed by atoms with Gasteiger partial charge in [-0.25, -0.2) is 15.0 Å². The molecule has 0 atom stereocenters. The number of hydrogen-bond acceptors (Lipinski definition) is 6. The highest BCUT2D eigenvalue weighted by atomic mass is 35.5. The minimum Gasteiger partial charge on any atom is -0.489 e. The maximum atomic E-state index is 11.4. The van der Waals surface area contributed by atoms with Gasteiger partial charge in [0.1, 0.15) is 23.7 Å². The van der Waals surface area contributed by atoms with Gasteiger partial charge in [0.25, 0.3) is 0 Å². The summed E-state index contributed by atoms with van der Waals surface area (Å²) in [7, 11) is 0. The predicted molar refractivity (Wildman–Crippen MR) is 149 cm³/mol. The van der Waals surface area contributed by atoms with Crippen LogP contribution in [-0.4, -0.2) is 31.1 Å². The molecule has 0 fully saturated rings. The Balaban J connectivity index is 1.61. The van der Waals surface area contributed by atoms with Gasteiger partial charge >= 0.3 is 0 Å². The molecule has 3 aromatic carbocycles. The molecule has 10 heteroatoms. The Hall–Kier alpha value is -3.23. The zero-order valence-corrected chi connectivity index (χ0v) is 22.5. The lowest BCUT2D eigenvalue weighted by molar-refractivity contribution is 0.195. The summed E-state index contributed by atoms with van der Waals surface area (Å²) >= 11 is 20.3. The first-order chi connectivity index (χ1) is 17.9. The molecule has 0 amide bonds. The van der Waals surface area contributed by atoms with Gasteiger partial charge in [-0.1, -0.05) is 76.9 Å². The van der Waals surface area contributed by atoms with E-state index in [1.54, 1.807) is 30.5 Å². The molecule has 0 radical (unpaired) electrons. The van der Waals surface area contributed by atoms with E-state index in [0.29, 0.717) is 60.8 Å². The molecule has 0 aliphatic heterocycles. The number of benzene rings is 3. The number of rotatable bonds is 7. The molecule has 0 aliphatic carbocycles. The third-order valence-electron chi connectivity index (χ3n) is 5.53. The van der Waals surface area contributed by atoms with Crippen LogP contribution in [0.5, 0.6) is 5.75 Å². The van der Waals surface area contributed by atoms with Crippen molar-refractivity contribution in [1.29, 1.82) is 0 Å². The minimum atomic E-state index is 0.192. The molecule has 0 aliphatic rings. The summed E-state index contributed by atoms with van der Waals surface area (Å²) in [5.74, 6) is 0.807. The van der Waals surface area contributed by atoms with Gasteiger partial charge < -0.3 is 9.94 Å². The SMILES string of the molecule is CSc1nccc(-c2nc(-c3c(Cl)cccc3Cl)n(O)c2-c2cccc(OCc3ccc(Cl)cc3)c2)n1. The number of ether oxygens (including phenoxy) is 1. The molecule has 0 saturated carbocycles. The Kier molecular flexibility index (Phi) is 7.58. The second kappa shape index (κ2) is 11.0. The van der Waals surface area contributed by atoms with Crippen molar-refractivity contribution >= 4 is 46.6 Å². The van der Waals surface area contributed by atoms with E-state index in [0.717, 1.165) is 10.3 Å². The Morgan fingerprint density at radius 1 is 0.919 bits per heavy atom. The van der Waals surface area contributed by atoms with Crippen molar-refractivity contribution in [3.8, 4) is 39.8 Å². The Morgan fingerprint density at radius 3 is 2.38 bits per heavy atom. The minimum absolute atomic E-state index is 0.192. The fraction of sp³-hybridized carbons (Fsp3) is 0.0741. The first kappa shape index (κ1) is 25.4. The van der Waals surface area contributed by atoms with Gasteiger partial charge in [0, 0.05) is 16.8 Å². The van der Waals surface area contributed by atoms with Crippen LogP contribution >= 0.6 is 46.6 Å². The van der Waals surface area contributed by atoms with Gasteiger partial charge in [-0.05, 0) is 54.3 Å². The summed E-state index contributed by atoms with van der Waals surface area (Å²) in [6, 6.07) is 21.7. The van der Waals surface area contributed by atoms with Gasteiger partial charge in [-0.2, -0.15) is 4.73 Å². The van der Waals surface area contributed by atoms with Crippen molar-refractivity contribution in [2.75, 3.05) is 6.26 Å². The first-order valence-electron chi connectivity index (χ1n) is 11.1. The van der Waals surface area contributed by atoms with Crippen LogP contribution in [0.2, 0.25) is 15.1 Å². The topological polar surface area (TPSA) is 73.1 Å². The van der Waals surface area contributed by atoms with Crippen molar-refractivity contribution in [2.45, 2.75) is 11.8 Å². The average Bonchev–Trinajstić information content (AvgIpc) is 3.25. The van der Waals surface area contributed by atoms with Crippen LogP contribution in [0.1, 0.15) is 5.56 Å². The van der Waals surface area contributed by atoms with Crippen molar-refractivity contribution in [1.82, 2.24) is 19.7 Å². The van der Waals surface area contributed by atoms with E-state index in [2.05, 4.69) is 9.97 Å². The summed E-state index contributed by atoms with van der Waals surface area (Å²) in [6.45, 7) is 0.356. The maximum Gasteiger partial charge on any atom is 0.187 e. The molecule has 2 aromatic heterocycles. The highest BCUT2D eigenvalue weighted by Crippen LogP contribution is 2.40. The molecular weight excluding hydrogens is 551 g/mol. The van der Waals surface area contributed by atoms with Crippen LogP contribution in [-0.2, 0) is 6.61 Å². The van der Waals surface area contributed by atoms with E-state index in [1.165, 1.54) is 11.8 Å². The molecular formula is C27H19Cl3N4O2S. The number of thioether (sulfide) groups is 1. The van der Waals surface area contributed by atoms with Gasteiger partial charge in [0.2, 0.25) is 0 Å². The molecule has 1 N–H and O–H groups in total. The van der Waals surface area contributed by atoms with Crippen molar-refractivity contribution in [3.63, 3.8) is 0 Å². The summed E-state index contributed by atoms with van der Waals surface area (Å²) in [6.07, 6.45) is 3.54. The lowest BCUT2D eigenvalue weighted by Gasteiger charge is -2.11. The van der Waals surface area contributed by atoms with Gasteiger partial charge in [-0.3, -0.25) is 0 Å². The fourth-order valence-electron chi connectivity index (χ4n) is 3.77. The van der Waals surface area contributed by atoms with Crippen LogP contribution in [0, 0.1) is 0 Å². The number of hydrogen-bond donors (Lipinski definition) is 1. The van der Waals surface area contributed by atoms with E-state index in [1.807, 2.05) is 54.8 Å². The number of aromatic nitrogens is 4. The zero-order valence-electron chi connectivity index (χ0n) is 19.4. The molecule has 0 bridgehead atoms. The lowest BCUT2D eigenvalue weighted by Crippen LogP contribution is -2.00. The van der Waals surface area contributed by atoms with Crippen molar-refractivity contribution in [3.05, 3.63) is 99.6 Å². The highest BCUT2D eigenvalue weighted by molar-refractivity contribution is 7.98. The molecule has 5 aromatic rings. The predicted octanol–water partition coefficient (Wildman–Crippen LogP) is 8.17.